The van der Waals surface area contributed by atoms with E-state index in [2.05, 4.69) is 55.6 Å². The fraction of sp³-hybridized carbons (Fsp3) is 0.735. The summed E-state index contributed by atoms with van der Waals surface area (Å²) in [5.74, 6) is -1.59. The number of aliphatic hydroxyl groups is 2. The maximum Gasteiger partial charge on any atom is 0.267 e. The summed E-state index contributed by atoms with van der Waals surface area (Å²) in [5.41, 5.74) is 0. The number of aliphatic hydroxyl groups excluding tert-OH is 2. The minimum absolute atomic E-state index is 0.254. The van der Waals surface area contributed by atoms with Crippen molar-refractivity contribution in [2.75, 3.05) is 5.75 Å². The van der Waals surface area contributed by atoms with Crippen molar-refractivity contribution in [1.29, 1.82) is 0 Å². The number of hydrogen-bond donors (Lipinski definition) is 4. The molecule has 1 amide bonds. The van der Waals surface area contributed by atoms with Crippen LogP contribution >= 0.6 is 0 Å². The van der Waals surface area contributed by atoms with Crippen LogP contribution in [0.3, 0.4) is 0 Å². The third-order valence-electron chi connectivity index (χ3n) is 7.06. The van der Waals surface area contributed by atoms with Gasteiger partial charge in [-0.1, -0.05) is 120 Å². The lowest BCUT2D eigenvalue weighted by Gasteiger charge is -2.22. The van der Waals surface area contributed by atoms with Crippen molar-refractivity contribution in [1.82, 2.24) is 5.32 Å². The smallest absolute Gasteiger partial charge is 0.267 e. The highest BCUT2D eigenvalue weighted by Crippen LogP contribution is 2.10. The third kappa shape index (κ3) is 27.1. The van der Waals surface area contributed by atoms with Crippen LogP contribution in [0.1, 0.15) is 136 Å². The van der Waals surface area contributed by atoms with Gasteiger partial charge in [0.05, 0.1) is 17.9 Å². The van der Waals surface area contributed by atoms with Crippen molar-refractivity contribution in [2.24, 2.45) is 0 Å². The molecule has 0 heterocycles. The zero-order valence-corrected chi connectivity index (χ0v) is 27.3. The summed E-state index contributed by atoms with van der Waals surface area (Å²) in [6.45, 7) is 4.40. The van der Waals surface area contributed by atoms with E-state index in [0.717, 1.165) is 57.8 Å². The standard InChI is InChI=1S/C34H61NO6S/c1-3-5-7-9-11-13-15-16-17-18-19-21-22-24-26-28-32(36)31(30-42(39,40)41)35-34(38)33(37)29-27-25-23-20-14-12-10-8-6-4-2/h10,12,15-16,19,21,26,28,31-33,36-37H,3-9,11,13-14,17-18,20,22-25,27,29-30H2,1-2H3,(H,35,38)(H,39,40,41)/b12-10-,16-15+,21-19+,28-26+. The van der Waals surface area contributed by atoms with Gasteiger partial charge in [0.25, 0.3) is 10.1 Å². The molecule has 244 valence electrons. The molecule has 0 aromatic heterocycles. The topological polar surface area (TPSA) is 124 Å². The summed E-state index contributed by atoms with van der Waals surface area (Å²) < 4.78 is 32.2. The van der Waals surface area contributed by atoms with Crippen molar-refractivity contribution in [2.45, 2.75) is 154 Å². The molecule has 0 saturated carbocycles. The molecule has 0 aromatic carbocycles. The largest absolute Gasteiger partial charge is 0.387 e. The maximum atomic E-state index is 12.5. The molecule has 4 N–H and O–H groups in total. The van der Waals surface area contributed by atoms with Gasteiger partial charge in [0.15, 0.2) is 0 Å². The molecule has 3 atom stereocenters. The molecular formula is C34H61NO6S. The van der Waals surface area contributed by atoms with E-state index in [1.54, 1.807) is 6.08 Å². The first-order valence-electron chi connectivity index (χ1n) is 16.4. The van der Waals surface area contributed by atoms with Crippen molar-refractivity contribution >= 4 is 16.0 Å². The Labute approximate surface area is 257 Å². The van der Waals surface area contributed by atoms with Crippen LogP contribution in [0.25, 0.3) is 0 Å². The summed E-state index contributed by atoms with van der Waals surface area (Å²) in [6.07, 6.45) is 33.2. The first-order chi connectivity index (χ1) is 20.2. The Bertz CT molecular complexity index is 865. The summed E-state index contributed by atoms with van der Waals surface area (Å²) >= 11 is 0. The number of nitrogens with one attached hydrogen (secondary N) is 1. The molecule has 0 aliphatic heterocycles. The maximum absolute atomic E-state index is 12.5. The Kier molecular flexibility index (Phi) is 26.9. The molecular weight excluding hydrogens is 550 g/mol. The summed E-state index contributed by atoms with van der Waals surface area (Å²) in [7, 11) is -4.45. The first kappa shape index (κ1) is 40.3. The SMILES string of the molecule is CCCC/C=C\CCCCCCC(O)C(=O)NC(CS(=O)(=O)O)C(O)/C=C/CC/C=C/CC/C=C/CCCCCCC. The molecule has 42 heavy (non-hydrogen) atoms. The number of carbonyl (C=O) groups is 1. The number of rotatable bonds is 28. The Morgan fingerprint density at radius 2 is 1.10 bits per heavy atom. The lowest BCUT2D eigenvalue weighted by molar-refractivity contribution is -0.130. The second-order valence-corrected chi connectivity index (χ2v) is 12.7. The molecule has 0 bridgehead atoms. The number of carbonyl (C=O) groups excluding carboxylic acids is 1. The van der Waals surface area contributed by atoms with Gasteiger partial charge < -0.3 is 15.5 Å². The Morgan fingerprint density at radius 3 is 1.62 bits per heavy atom. The van der Waals surface area contributed by atoms with Crippen LogP contribution < -0.4 is 5.32 Å². The van der Waals surface area contributed by atoms with E-state index in [1.807, 2.05) is 0 Å². The third-order valence-corrected chi connectivity index (χ3v) is 7.84. The van der Waals surface area contributed by atoms with Gasteiger partial charge in [0, 0.05) is 0 Å². The lowest BCUT2D eigenvalue weighted by atomic mass is 10.1. The minimum Gasteiger partial charge on any atom is -0.387 e. The first-order valence-corrected chi connectivity index (χ1v) is 18.1. The molecule has 0 rings (SSSR count). The predicted molar refractivity (Wildman–Crippen MR) is 176 cm³/mol. The van der Waals surface area contributed by atoms with E-state index in [9.17, 15) is 28.0 Å². The average molecular weight is 612 g/mol. The van der Waals surface area contributed by atoms with E-state index in [1.165, 1.54) is 51.0 Å². The summed E-state index contributed by atoms with van der Waals surface area (Å²) in [6, 6.07) is -1.26. The molecule has 0 aliphatic carbocycles. The fourth-order valence-corrected chi connectivity index (χ4v) is 5.20. The number of amides is 1. The summed E-state index contributed by atoms with van der Waals surface area (Å²) in [5, 5.41) is 23.1. The molecule has 0 fully saturated rings. The average Bonchev–Trinajstić information content (AvgIpc) is 2.94. The fourth-order valence-electron chi connectivity index (χ4n) is 4.47. The van der Waals surface area contributed by atoms with Crippen LogP contribution in [0.2, 0.25) is 0 Å². The van der Waals surface area contributed by atoms with Crippen LogP contribution in [0.5, 0.6) is 0 Å². The van der Waals surface area contributed by atoms with Crippen LogP contribution in [-0.4, -0.2) is 53.1 Å². The molecule has 0 radical (unpaired) electrons. The van der Waals surface area contributed by atoms with Gasteiger partial charge in [-0.05, 0) is 64.2 Å². The molecule has 0 spiro atoms. The van der Waals surface area contributed by atoms with Crippen molar-refractivity contribution in [3.05, 3.63) is 48.6 Å². The van der Waals surface area contributed by atoms with E-state index >= 15 is 0 Å². The van der Waals surface area contributed by atoms with Gasteiger partial charge in [-0.25, -0.2) is 0 Å². The van der Waals surface area contributed by atoms with Gasteiger partial charge in [-0.2, -0.15) is 8.42 Å². The van der Waals surface area contributed by atoms with Gasteiger partial charge in [0.2, 0.25) is 5.91 Å². The quantitative estimate of drug-likeness (QED) is 0.0407. The van der Waals surface area contributed by atoms with Crippen LogP contribution in [0.15, 0.2) is 48.6 Å². The van der Waals surface area contributed by atoms with Gasteiger partial charge in [-0.15, -0.1) is 0 Å². The highest BCUT2D eigenvalue weighted by molar-refractivity contribution is 7.85. The number of allylic oxidation sites excluding steroid dienone is 7. The van der Waals surface area contributed by atoms with Crippen molar-refractivity contribution in [3.8, 4) is 0 Å². The zero-order chi connectivity index (χ0) is 31.3. The minimum atomic E-state index is -4.45. The second-order valence-electron chi connectivity index (χ2n) is 11.2. The van der Waals surface area contributed by atoms with E-state index in [-0.39, 0.29) is 6.42 Å². The lowest BCUT2D eigenvalue weighted by Crippen LogP contribution is -2.50. The second kappa shape index (κ2) is 28.1. The Hall–Kier alpha value is -1.74. The molecule has 3 unspecified atom stereocenters. The molecule has 0 aromatic rings. The molecule has 0 aliphatic rings. The van der Waals surface area contributed by atoms with E-state index < -0.39 is 40.0 Å². The molecule has 0 saturated heterocycles. The summed E-state index contributed by atoms with van der Waals surface area (Å²) in [4.78, 5) is 12.5. The highest BCUT2D eigenvalue weighted by atomic mass is 32.2. The monoisotopic (exact) mass is 611 g/mol. The number of unbranched alkanes of at least 4 members (excludes halogenated alkanes) is 13. The van der Waals surface area contributed by atoms with Crippen LogP contribution in [-0.2, 0) is 14.9 Å². The van der Waals surface area contributed by atoms with Crippen LogP contribution in [0, 0.1) is 0 Å². The van der Waals surface area contributed by atoms with Crippen LogP contribution in [0.4, 0.5) is 0 Å². The van der Waals surface area contributed by atoms with Gasteiger partial charge in [0.1, 0.15) is 6.10 Å². The van der Waals surface area contributed by atoms with Crippen molar-refractivity contribution in [3.63, 3.8) is 0 Å². The van der Waals surface area contributed by atoms with E-state index in [4.69, 9.17) is 0 Å². The predicted octanol–water partition coefficient (Wildman–Crippen LogP) is 7.76. The molecule has 7 nitrogen and oxygen atoms in total. The van der Waals surface area contributed by atoms with Gasteiger partial charge >= 0.3 is 0 Å². The van der Waals surface area contributed by atoms with Crippen molar-refractivity contribution < 1.29 is 28.0 Å². The van der Waals surface area contributed by atoms with Gasteiger partial charge in [-0.3, -0.25) is 9.35 Å². The molecule has 8 heteroatoms. The van der Waals surface area contributed by atoms with E-state index in [0.29, 0.717) is 12.8 Å². The Balaban J connectivity index is 4.32. The Morgan fingerprint density at radius 1 is 0.643 bits per heavy atom. The highest BCUT2D eigenvalue weighted by Gasteiger charge is 2.27. The zero-order valence-electron chi connectivity index (χ0n) is 26.5. The number of hydrogen-bond acceptors (Lipinski definition) is 5. The normalized spacial score (nSPS) is 14.9.